The number of aryl methyl sites for hydroxylation is 1. The second-order valence-electron chi connectivity index (χ2n) is 4.97. The van der Waals surface area contributed by atoms with Gasteiger partial charge in [0, 0.05) is 12.5 Å². The smallest absolute Gasteiger partial charge is 0.358 e. The molecule has 0 aromatic carbocycles. The van der Waals surface area contributed by atoms with Crippen molar-refractivity contribution >= 4 is 27.7 Å². The summed E-state index contributed by atoms with van der Waals surface area (Å²) in [6.45, 7) is 0.338. The lowest BCUT2D eigenvalue weighted by Crippen LogP contribution is -2.36. The van der Waals surface area contributed by atoms with Crippen molar-refractivity contribution in [3.05, 3.63) is 20.8 Å². The van der Waals surface area contributed by atoms with E-state index in [0.29, 0.717) is 11.0 Å². The molecule has 1 aliphatic carbocycles. The van der Waals surface area contributed by atoms with Gasteiger partial charge in [-0.2, -0.15) is 4.68 Å². The van der Waals surface area contributed by atoms with Gasteiger partial charge < -0.3 is 15.4 Å². The molecule has 8 heteroatoms. The van der Waals surface area contributed by atoms with Crippen LogP contribution < -0.4 is 5.32 Å². The van der Waals surface area contributed by atoms with Gasteiger partial charge in [0.15, 0.2) is 0 Å². The highest BCUT2D eigenvalue weighted by atomic mass is 79.9. The molecule has 1 amide bonds. The highest BCUT2D eigenvalue weighted by Gasteiger charge is 2.20. The molecule has 2 rings (SSSR count). The van der Waals surface area contributed by atoms with Crippen LogP contribution in [0.25, 0.3) is 0 Å². The van der Waals surface area contributed by atoms with Crippen molar-refractivity contribution in [3.63, 3.8) is 0 Å². The number of hydrogen-bond acceptors (Lipinski definition) is 4. The number of nitro groups is 1. The molecule has 0 unspecified atom stereocenters. The zero-order valence-corrected chi connectivity index (χ0v) is 12.6. The topological polar surface area (TPSA) is 90.1 Å². The van der Waals surface area contributed by atoms with Crippen LogP contribution in [0.5, 0.6) is 0 Å². The Kier molecular flexibility index (Phi) is 5.11. The van der Waals surface area contributed by atoms with Crippen LogP contribution in [0.4, 0.5) is 5.82 Å². The first-order chi connectivity index (χ1) is 9.56. The van der Waals surface area contributed by atoms with Gasteiger partial charge in [-0.1, -0.05) is 19.3 Å². The number of carbonyl (C=O) groups excluding carboxylic acids is 1. The molecule has 1 aliphatic rings. The van der Waals surface area contributed by atoms with E-state index in [2.05, 4.69) is 26.3 Å². The fourth-order valence-corrected chi connectivity index (χ4v) is 2.85. The Morgan fingerprint density at radius 3 is 2.80 bits per heavy atom. The van der Waals surface area contributed by atoms with Crippen molar-refractivity contribution in [2.45, 2.75) is 51.1 Å². The molecular weight excluding hydrogens is 328 g/mol. The van der Waals surface area contributed by atoms with Gasteiger partial charge >= 0.3 is 5.82 Å². The lowest BCUT2D eigenvalue weighted by Gasteiger charge is -2.22. The summed E-state index contributed by atoms with van der Waals surface area (Å²) < 4.78 is 1.75. The molecule has 0 aliphatic heterocycles. The Balaban J connectivity index is 1.80. The van der Waals surface area contributed by atoms with E-state index in [-0.39, 0.29) is 24.2 Å². The van der Waals surface area contributed by atoms with Crippen molar-refractivity contribution in [2.75, 3.05) is 0 Å². The molecule has 20 heavy (non-hydrogen) atoms. The monoisotopic (exact) mass is 344 g/mol. The summed E-state index contributed by atoms with van der Waals surface area (Å²) in [5, 5.41) is 17.5. The van der Waals surface area contributed by atoms with Crippen LogP contribution in [0.3, 0.4) is 0 Å². The average Bonchev–Trinajstić information content (AvgIpc) is 2.79. The Hall–Kier alpha value is -1.44. The van der Waals surface area contributed by atoms with Crippen LogP contribution in [-0.4, -0.2) is 26.7 Å². The van der Waals surface area contributed by atoms with Crippen LogP contribution in [0, 0.1) is 10.1 Å². The van der Waals surface area contributed by atoms with Crippen molar-refractivity contribution in [1.82, 2.24) is 15.1 Å². The van der Waals surface area contributed by atoms with E-state index in [9.17, 15) is 14.9 Å². The van der Waals surface area contributed by atoms with Gasteiger partial charge in [0.1, 0.15) is 4.47 Å². The quantitative estimate of drug-likeness (QED) is 0.655. The highest BCUT2D eigenvalue weighted by Crippen LogP contribution is 2.22. The Bertz CT molecular complexity index is 497. The Labute approximate surface area is 125 Å². The van der Waals surface area contributed by atoms with Crippen LogP contribution >= 0.6 is 15.9 Å². The second kappa shape index (κ2) is 6.83. The molecule has 1 aromatic rings. The Morgan fingerprint density at radius 2 is 2.20 bits per heavy atom. The molecule has 1 N–H and O–H groups in total. The van der Waals surface area contributed by atoms with Crippen molar-refractivity contribution in [2.24, 2.45) is 0 Å². The number of aromatic nitrogens is 2. The van der Waals surface area contributed by atoms with E-state index in [0.717, 1.165) is 12.8 Å². The zero-order chi connectivity index (χ0) is 14.5. The number of nitrogens with zero attached hydrogens (tertiary/aromatic N) is 3. The van der Waals surface area contributed by atoms with Crippen LogP contribution in [0.2, 0.25) is 0 Å². The van der Waals surface area contributed by atoms with E-state index >= 15 is 0 Å². The third-order valence-electron chi connectivity index (χ3n) is 3.41. The van der Waals surface area contributed by atoms with Gasteiger partial charge in [-0.3, -0.25) is 4.79 Å². The number of carbonyl (C=O) groups is 1. The van der Waals surface area contributed by atoms with Crippen molar-refractivity contribution in [1.29, 1.82) is 0 Å². The first-order valence-electron chi connectivity index (χ1n) is 6.73. The SMILES string of the molecule is O=C(CCn1cc(Br)c([N+](=O)[O-])n1)NC1CCCCC1. The molecule has 0 spiro atoms. The summed E-state index contributed by atoms with van der Waals surface area (Å²) in [6, 6.07) is 0.287. The van der Waals surface area contributed by atoms with Crippen LogP contribution in [0.1, 0.15) is 38.5 Å². The average molecular weight is 345 g/mol. The van der Waals surface area contributed by atoms with E-state index in [1.165, 1.54) is 30.1 Å². The Morgan fingerprint density at radius 1 is 1.50 bits per heavy atom. The predicted octanol–water partition coefficient (Wildman–Crippen LogP) is 2.39. The molecule has 7 nitrogen and oxygen atoms in total. The number of rotatable bonds is 5. The van der Waals surface area contributed by atoms with Gasteiger partial charge in [-0.25, -0.2) is 0 Å². The molecule has 0 saturated heterocycles. The minimum Gasteiger partial charge on any atom is -0.358 e. The van der Waals surface area contributed by atoms with E-state index in [4.69, 9.17) is 0 Å². The molecule has 1 saturated carbocycles. The predicted molar refractivity (Wildman–Crippen MR) is 76.2 cm³/mol. The lowest BCUT2D eigenvalue weighted by atomic mass is 9.95. The highest BCUT2D eigenvalue weighted by molar-refractivity contribution is 9.10. The number of hydrogen-bond donors (Lipinski definition) is 1. The molecular formula is C12H17BrN4O3. The summed E-state index contributed by atoms with van der Waals surface area (Å²) in [5.41, 5.74) is 0. The molecule has 110 valence electrons. The number of amides is 1. The third-order valence-corrected chi connectivity index (χ3v) is 3.97. The molecule has 1 aromatic heterocycles. The fourth-order valence-electron chi connectivity index (χ4n) is 2.39. The summed E-state index contributed by atoms with van der Waals surface area (Å²) in [4.78, 5) is 21.9. The lowest BCUT2D eigenvalue weighted by molar-refractivity contribution is -0.390. The summed E-state index contributed by atoms with van der Waals surface area (Å²) in [6.07, 6.45) is 7.48. The maximum Gasteiger partial charge on any atom is 0.404 e. The minimum atomic E-state index is -0.553. The van der Waals surface area contributed by atoms with E-state index < -0.39 is 4.92 Å². The zero-order valence-electron chi connectivity index (χ0n) is 11.0. The summed E-state index contributed by atoms with van der Waals surface area (Å²) in [7, 11) is 0. The molecule has 1 heterocycles. The first-order valence-corrected chi connectivity index (χ1v) is 7.52. The second-order valence-corrected chi connectivity index (χ2v) is 5.83. The maximum atomic E-state index is 11.8. The first kappa shape index (κ1) is 15.0. The molecule has 1 fully saturated rings. The van der Waals surface area contributed by atoms with E-state index in [1.54, 1.807) is 0 Å². The normalized spacial score (nSPS) is 16.1. The minimum absolute atomic E-state index is 0.0221. The summed E-state index contributed by atoms with van der Waals surface area (Å²) >= 11 is 3.08. The van der Waals surface area contributed by atoms with E-state index in [1.807, 2.05) is 0 Å². The third kappa shape index (κ3) is 4.03. The molecule has 0 bridgehead atoms. The number of halogens is 1. The van der Waals surface area contributed by atoms with Gasteiger partial charge in [-0.15, -0.1) is 0 Å². The summed E-state index contributed by atoms with van der Waals surface area (Å²) in [5.74, 6) is -0.246. The van der Waals surface area contributed by atoms with Crippen LogP contribution in [-0.2, 0) is 11.3 Å². The van der Waals surface area contributed by atoms with Crippen molar-refractivity contribution < 1.29 is 9.72 Å². The molecule has 0 atom stereocenters. The standard InChI is InChI=1S/C12H17BrN4O3/c13-10-8-16(15-12(10)17(19)20)7-6-11(18)14-9-4-2-1-3-5-9/h8-9H,1-7H2,(H,14,18). The van der Waals surface area contributed by atoms with Gasteiger partial charge in [0.25, 0.3) is 0 Å². The van der Waals surface area contributed by atoms with Gasteiger partial charge in [-0.05, 0) is 33.7 Å². The number of nitrogens with one attached hydrogen (secondary N) is 1. The fraction of sp³-hybridized carbons (Fsp3) is 0.667. The molecule has 0 radical (unpaired) electrons. The van der Waals surface area contributed by atoms with Gasteiger partial charge in [0.05, 0.1) is 17.8 Å². The largest absolute Gasteiger partial charge is 0.404 e. The van der Waals surface area contributed by atoms with Crippen molar-refractivity contribution in [3.8, 4) is 0 Å². The van der Waals surface area contributed by atoms with Crippen LogP contribution in [0.15, 0.2) is 10.7 Å². The van der Waals surface area contributed by atoms with Gasteiger partial charge in [0.2, 0.25) is 5.91 Å². The maximum absolute atomic E-state index is 11.8.